The highest BCUT2D eigenvalue weighted by Crippen LogP contribution is 2.34. The summed E-state index contributed by atoms with van der Waals surface area (Å²) in [5.41, 5.74) is 0.0768. The van der Waals surface area contributed by atoms with Crippen molar-refractivity contribution in [3.63, 3.8) is 0 Å². The van der Waals surface area contributed by atoms with Crippen LogP contribution in [0.15, 0.2) is 0 Å². The van der Waals surface area contributed by atoms with Crippen LogP contribution in [0.2, 0.25) is 0 Å². The minimum absolute atomic E-state index is 0.0768. The third kappa shape index (κ3) is 1.66. The molecule has 4 nitrogen and oxygen atoms in total. The molecule has 0 aromatic rings. The Labute approximate surface area is 83.6 Å². The van der Waals surface area contributed by atoms with Crippen molar-refractivity contribution in [2.75, 3.05) is 13.1 Å². The van der Waals surface area contributed by atoms with E-state index in [1.807, 2.05) is 4.90 Å². The Morgan fingerprint density at radius 3 is 2.14 bits per heavy atom. The van der Waals surface area contributed by atoms with Gasteiger partial charge in [-0.1, -0.05) is 12.8 Å². The predicted molar refractivity (Wildman–Crippen MR) is 51.6 cm³/mol. The molecule has 0 atom stereocenters. The van der Waals surface area contributed by atoms with Crippen molar-refractivity contribution in [2.24, 2.45) is 0 Å². The average Bonchev–Trinajstić information content (AvgIpc) is 2.52. The van der Waals surface area contributed by atoms with Crippen LogP contribution in [0.3, 0.4) is 0 Å². The number of piperazine rings is 1. The standard InChI is InChI=1S/C10H16N2O2/c1-10(4-2-3-5-10)12-6-8(13)11-9(14)7-12/h2-7H2,1H3,(H,11,13,14). The first-order chi connectivity index (χ1) is 6.60. The Morgan fingerprint density at radius 2 is 1.64 bits per heavy atom. The van der Waals surface area contributed by atoms with E-state index < -0.39 is 0 Å². The number of nitrogens with one attached hydrogen (secondary N) is 1. The zero-order valence-electron chi connectivity index (χ0n) is 8.51. The normalized spacial score (nSPS) is 27.8. The van der Waals surface area contributed by atoms with E-state index in [-0.39, 0.29) is 17.4 Å². The van der Waals surface area contributed by atoms with Gasteiger partial charge in [-0.25, -0.2) is 0 Å². The molecule has 0 spiro atoms. The molecule has 1 heterocycles. The van der Waals surface area contributed by atoms with Crippen LogP contribution in [0.1, 0.15) is 32.6 Å². The fraction of sp³-hybridized carbons (Fsp3) is 0.800. The van der Waals surface area contributed by atoms with Crippen LogP contribution >= 0.6 is 0 Å². The van der Waals surface area contributed by atoms with Crippen LogP contribution < -0.4 is 5.32 Å². The molecule has 14 heavy (non-hydrogen) atoms. The van der Waals surface area contributed by atoms with Gasteiger partial charge in [0.15, 0.2) is 0 Å². The molecule has 0 unspecified atom stereocenters. The van der Waals surface area contributed by atoms with Crippen LogP contribution in [0.5, 0.6) is 0 Å². The van der Waals surface area contributed by atoms with E-state index in [0.717, 1.165) is 12.8 Å². The van der Waals surface area contributed by atoms with Gasteiger partial charge >= 0.3 is 0 Å². The average molecular weight is 196 g/mol. The lowest BCUT2D eigenvalue weighted by molar-refractivity contribution is -0.138. The molecule has 0 aromatic carbocycles. The molecule has 0 bridgehead atoms. The van der Waals surface area contributed by atoms with Crippen molar-refractivity contribution < 1.29 is 9.59 Å². The van der Waals surface area contributed by atoms with Gasteiger partial charge in [-0.2, -0.15) is 0 Å². The lowest BCUT2D eigenvalue weighted by atomic mass is 9.97. The van der Waals surface area contributed by atoms with Crippen molar-refractivity contribution in [2.45, 2.75) is 38.1 Å². The Bertz CT molecular complexity index is 253. The topological polar surface area (TPSA) is 49.4 Å². The number of nitrogens with zero attached hydrogens (tertiary/aromatic N) is 1. The van der Waals surface area contributed by atoms with E-state index in [2.05, 4.69) is 12.2 Å². The predicted octanol–water partition coefficient (Wildman–Crippen LogP) is 0.277. The van der Waals surface area contributed by atoms with Gasteiger partial charge in [0.2, 0.25) is 11.8 Å². The van der Waals surface area contributed by atoms with Crippen molar-refractivity contribution in [1.82, 2.24) is 10.2 Å². The quantitative estimate of drug-likeness (QED) is 0.613. The summed E-state index contributed by atoms with van der Waals surface area (Å²) in [5.74, 6) is -0.316. The van der Waals surface area contributed by atoms with E-state index in [1.165, 1.54) is 12.8 Å². The van der Waals surface area contributed by atoms with Gasteiger partial charge in [0.25, 0.3) is 0 Å². The Kier molecular flexibility index (Phi) is 2.31. The van der Waals surface area contributed by atoms with E-state index in [4.69, 9.17) is 0 Å². The van der Waals surface area contributed by atoms with Crippen LogP contribution in [0, 0.1) is 0 Å². The zero-order chi connectivity index (χ0) is 10.2. The second-order valence-electron chi connectivity index (χ2n) is 4.53. The van der Waals surface area contributed by atoms with Gasteiger partial charge in [0.05, 0.1) is 13.1 Å². The minimum atomic E-state index is -0.158. The van der Waals surface area contributed by atoms with E-state index in [9.17, 15) is 9.59 Å². The van der Waals surface area contributed by atoms with Gasteiger partial charge in [0, 0.05) is 5.54 Å². The Hall–Kier alpha value is -0.900. The molecule has 2 fully saturated rings. The lowest BCUT2D eigenvalue weighted by Gasteiger charge is -2.39. The van der Waals surface area contributed by atoms with Crippen molar-refractivity contribution >= 4 is 11.8 Å². The number of hydrogen-bond acceptors (Lipinski definition) is 3. The summed E-state index contributed by atoms with van der Waals surface area (Å²) in [6, 6.07) is 0. The highest BCUT2D eigenvalue weighted by Gasteiger charge is 2.38. The second-order valence-corrected chi connectivity index (χ2v) is 4.53. The summed E-state index contributed by atoms with van der Waals surface area (Å²) in [6.45, 7) is 2.91. The number of amides is 2. The fourth-order valence-electron chi connectivity index (χ4n) is 2.47. The van der Waals surface area contributed by atoms with Crippen LogP contribution in [-0.2, 0) is 9.59 Å². The largest absolute Gasteiger partial charge is 0.294 e. The zero-order valence-corrected chi connectivity index (χ0v) is 8.51. The van der Waals surface area contributed by atoms with Gasteiger partial charge in [-0.05, 0) is 19.8 Å². The van der Waals surface area contributed by atoms with E-state index in [0.29, 0.717) is 13.1 Å². The van der Waals surface area contributed by atoms with Crippen molar-refractivity contribution in [3.8, 4) is 0 Å². The number of rotatable bonds is 1. The fourth-order valence-corrected chi connectivity index (χ4v) is 2.47. The summed E-state index contributed by atoms with van der Waals surface area (Å²) in [5, 5.41) is 2.33. The van der Waals surface area contributed by atoms with Crippen LogP contribution in [0.25, 0.3) is 0 Å². The molecule has 1 saturated heterocycles. The maximum atomic E-state index is 11.2. The molecule has 0 radical (unpaired) electrons. The third-order valence-corrected chi connectivity index (χ3v) is 3.39. The first-order valence-corrected chi connectivity index (χ1v) is 5.18. The molecule has 0 aromatic heterocycles. The minimum Gasteiger partial charge on any atom is -0.294 e. The van der Waals surface area contributed by atoms with Gasteiger partial charge in [-0.15, -0.1) is 0 Å². The lowest BCUT2D eigenvalue weighted by Crippen LogP contribution is -2.58. The number of hydrogen-bond donors (Lipinski definition) is 1. The van der Waals surface area contributed by atoms with Gasteiger partial charge in [-0.3, -0.25) is 19.8 Å². The molecule has 1 saturated carbocycles. The Morgan fingerprint density at radius 1 is 1.14 bits per heavy atom. The molecule has 2 aliphatic rings. The van der Waals surface area contributed by atoms with Crippen molar-refractivity contribution in [1.29, 1.82) is 0 Å². The molecule has 1 aliphatic carbocycles. The molecule has 1 N–H and O–H groups in total. The summed E-state index contributed by atoms with van der Waals surface area (Å²) < 4.78 is 0. The van der Waals surface area contributed by atoms with Crippen LogP contribution in [0.4, 0.5) is 0 Å². The van der Waals surface area contributed by atoms with Gasteiger partial charge in [0.1, 0.15) is 0 Å². The summed E-state index contributed by atoms with van der Waals surface area (Å²) in [6.07, 6.45) is 4.63. The third-order valence-electron chi connectivity index (χ3n) is 3.39. The van der Waals surface area contributed by atoms with Crippen molar-refractivity contribution in [3.05, 3.63) is 0 Å². The molecular weight excluding hydrogens is 180 g/mol. The summed E-state index contributed by atoms with van der Waals surface area (Å²) >= 11 is 0. The Balaban J connectivity index is 2.09. The molecule has 78 valence electrons. The molecular formula is C10H16N2O2. The summed E-state index contributed by atoms with van der Waals surface area (Å²) in [4.78, 5) is 24.4. The highest BCUT2D eigenvalue weighted by molar-refractivity contribution is 5.99. The SMILES string of the molecule is CC1(N2CC(=O)NC(=O)C2)CCCC1. The maximum Gasteiger partial charge on any atom is 0.240 e. The molecule has 2 amide bonds. The number of imide groups is 1. The summed E-state index contributed by atoms with van der Waals surface area (Å²) in [7, 11) is 0. The molecule has 4 heteroatoms. The van der Waals surface area contributed by atoms with E-state index in [1.54, 1.807) is 0 Å². The first kappa shape index (κ1) is 9.65. The first-order valence-electron chi connectivity index (χ1n) is 5.18. The molecule has 1 aliphatic heterocycles. The highest BCUT2D eigenvalue weighted by atomic mass is 16.2. The maximum absolute atomic E-state index is 11.2. The number of carbonyl (C=O) groups is 2. The van der Waals surface area contributed by atoms with Crippen LogP contribution in [-0.4, -0.2) is 35.3 Å². The monoisotopic (exact) mass is 196 g/mol. The smallest absolute Gasteiger partial charge is 0.240 e. The molecule has 2 rings (SSSR count). The number of carbonyl (C=O) groups excluding carboxylic acids is 2. The van der Waals surface area contributed by atoms with E-state index >= 15 is 0 Å². The second kappa shape index (κ2) is 3.35. The van der Waals surface area contributed by atoms with Gasteiger partial charge < -0.3 is 0 Å².